The number of nitrogens with zero attached hydrogens (tertiary/aromatic N) is 4. The van der Waals surface area contributed by atoms with Crippen LogP contribution in [-0.2, 0) is 59.2 Å². The number of likely N-dealkylation sites (tertiary alicyclic amines) is 2. The molecule has 28 heteroatoms. The summed E-state index contributed by atoms with van der Waals surface area (Å²) in [4.78, 5) is 157. The summed E-state index contributed by atoms with van der Waals surface area (Å²) in [5.74, 6) is -9.55. The van der Waals surface area contributed by atoms with Crippen LogP contribution in [0.2, 0.25) is 0 Å². The molecular formula is C55H88N14O13S. The minimum absolute atomic E-state index is 0.0306. The molecule has 1 aromatic rings. The van der Waals surface area contributed by atoms with Crippen molar-refractivity contribution in [3.8, 4) is 0 Å². The topological polar surface area (TPSA) is 427 Å². The second-order valence-electron chi connectivity index (χ2n) is 21.7. The fraction of sp³-hybridized carbons (Fsp3) is 0.673. The number of unbranched alkanes of at least 4 members (excludes halogenated alkanes) is 4. The van der Waals surface area contributed by atoms with Crippen molar-refractivity contribution in [2.75, 3.05) is 45.1 Å². The molecule has 0 radical (unpaired) electrons. The molecule has 27 nitrogen and oxygen atoms in total. The Balaban J connectivity index is 1.53. The zero-order valence-electron chi connectivity index (χ0n) is 48.0. The van der Waals surface area contributed by atoms with E-state index in [1.54, 1.807) is 44.2 Å². The minimum atomic E-state index is -1.59. The number of nitrogens with two attached hydrogens (primary N) is 4. The summed E-state index contributed by atoms with van der Waals surface area (Å²) in [5.41, 5.74) is 23.4. The Hall–Kier alpha value is -6.91. The average Bonchev–Trinajstić information content (AvgIpc) is 4.34. The number of guanidine groups is 1. The number of rotatable bonds is 36. The zero-order valence-corrected chi connectivity index (χ0v) is 48.8. The van der Waals surface area contributed by atoms with Gasteiger partial charge in [-0.05, 0) is 94.2 Å². The smallest absolute Gasteiger partial charge is 0.326 e. The molecule has 1 unspecified atom stereocenters. The molecule has 3 heterocycles. The number of aliphatic hydroxyl groups excluding tert-OH is 1. The van der Waals surface area contributed by atoms with Crippen molar-refractivity contribution in [3.05, 3.63) is 35.9 Å². The van der Waals surface area contributed by atoms with Crippen LogP contribution in [0.5, 0.6) is 0 Å². The highest BCUT2D eigenvalue weighted by atomic mass is 32.2. The second-order valence-corrected chi connectivity index (χ2v) is 22.7. The molecule has 0 bridgehead atoms. The fourth-order valence-corrected chi connectivity index (χ4v) is 11.2. The maximum atomic E-state index is 14.4. The van der Waals surface area contributed by atoms with Gasteiger partial charge in [0.25, 0.3) is 0 Å². The summed E-state index contributed by atoms with van der Waals surface area (Å²) < 4.78 is 0.976. The Morgan fingerprint density at radius 3 is 1.95 bits per heavy atom. The maximum Gasteiger partial charge on any atom is 0.326 e. The van der Waals surface area contributed by atoms with E-state index in [0.717, 1.165) is 41.9 Å². The van der Waals surface area contributed by atoms with Gasteiger partial charge in [0.2, 0.25) is 59.1 Å². The first kappa shape index (κ1) is 68.6. The summed E-state index contributed by atoms with van der Waals surface area (Å²) in [5, 5.41) is 35.6. The van der Waals surface area contributed by atoms with Gasteiger partial charge in [-0.1, -0.05) is 83.2 Å². The first-order valence-electron chi connectivity index (χ1n) is 28.9. The SMILES string of the molecule is CCCCCCC1CC(=O)N(SC[C@H](NC(=O)[C@@H]2CCCN2C(=O)[C@H](CCCN=C(N)N)NC(=O)[C@@H](N)CCCCN)C(=O)NCC(=O)N[C@@H](Cc2ccccc2)C(=O)N[C@@H](CO)C(=O)N2CCC[C@H]2C(=O)N[C@@H](CC(C)C)C(=O)O)C1=O. The lowest BCUT2D eigenvalue weighted by Crippen LogP contribution is -2.59. The third-order valence-electron chi connectivity index (χ3n) is 14.6. The van der Waals surface area contributed by atoms with E-state index in [9.17, 15) is 63.0 Å². The molecule has 3 fully saturated rings. The van der Waals surface area contributed by atoms with Gasteiger partial charge in [-0.3, -0.25) is 52.9 Å². The van der Waals surface area contributed by atoms with Gasteiger partial charge in [-0.25, -0.2) is 9.10 Å². The van der Waals surface area contributed by atoms with Crippen molar-refractivity contribution in [1.29, 1.82) is 0 Å². The van der Waals surface area contributed by atoms with E-state index < -0.39 is 132 Å². The second kappa shape index (κ2) is 35.3. The number of hydrogen-bond acceptors (Lipinski definition) is 16. The van der Waals surface area contributed by atoms with Gasteiger partial charge in [-0.2, -0.15) is 0 Å². The number of aliphatic imine (C=N–C) groups is 1. The number of amides is 10. The van der Waals surface area contributed by atoms with Crippen molar-refractivity contribution in [2.24, 2.45) is 39.8 Å². The molecule has 9 atom stereocenters. The summed E-state index contributed by atoms with van der Waals surface area (Å²) in [7, 11) is 0. The number of hydrogen-bond donors (Lipinski definition) is 12. The van der Waals surface area contributed by atoms with E-state index in [-0.39, 0.29) is 82.2 Å². The highest BCUT2D eigenvalue weighted by Crippen LogP contribution is 2.31. The molecule has 0 spiro atoms. The van der Waals surface area contributed by atoms with E-state index in [2.05, 4.69) is 43.8 Å². The van der Waals surface area contributed by atoms with Crippen molar-refractivity contribution < 1.29 is 63.0 Å². The molecule has 0 saturated carbocycles. The summed E-state index contributed by atoms with van der Waals surface area (Å²) >= 11 is 0.719. The quantitative estimate of drug-likeness (QED) is 0.0118. The zero-order chi connectivity index (χ0) is 61.2. The summed E-state index contributed by atoms with van der Waals surface area (Å²) in [6.45, 7) is 4.69. The maximum absolute atomic E-state index is 14.4. The summed E-state index contributed by atoms with van der Waals surface area (Å²) in [6.07, 6.45) is 7.00. The molecule has 4 rings (SSSR count). The van der Waals surface area contributed by atoms with Crippen LogP contribution in [0.4, 0.5) is 0 Å². The monoisotopic (exact) mass is 1180 g/mol. The van der Waals surface area contributed by atoms with Gasteiger partial charge in [-0.15, -0.1) is 0 Å². The number of carboxylic acids is 1. The summed E-state index contributed by atoms with van der Waals surface area (Å²) in [6, 6.07) is -1.59. The number of benzene rings is 1. The Bertz CT molecular complexity index is 2420. The van der Waals surface area contributed by atoms with Crippen molar-refractivity contribution >= 4 is 82.9 Å². The first-order valence-corrected chi connectivity index (χ1v) is 29.8. The Morgan fingerprint density at radius 2 is 1.36 bits per heavy atom. The van der Waals surface area contributed by atoms with E-state index in [1.165, 1.54) is 9.80 Å². The Morgan fingerprint density at radius 1 is 0.735 bits per heavy atom. The lowest BCUT2D eigenvalue weighted by molar-refractivity contribution is -0.145. The lowest BCUT2D eigenvalue weighted by Gasteiger charge is -2.30. The highest BCUT2D eigenvalue weighted by Gasteiger charge is 2.43. The Labute approximate surface area is 489 Å². The number of aliphatic carboxylic acids is 1. The van der Waals surface area contributed by atoms with E-state index in [4.69, 9.17) is 22.9 Å². The van der Waals surface area contributed by atoms with Crippen LogP contribution in [0.3, 0.4) is 0 Å². The van der Waals surface area contributed by atoms with Crippen LogP contribution >= 0.6 is 11.9 Å². The van der Waals surface area contributed by atoms with Gasteiger partial charge in [0.05, 0.1) is 19.2 Å². The molecule has 3 aliphatic heterocycles. The fourth-order valence-electron chi connectivity index (χ4n) is 10.1. The van der Waals surface area contributed by atoms with Gasteiger partial charge in [0.15, 0.2) is 5.96 Å². The number of aliphatic hydroxyl groups is 1. The van der Waals surface area contributed by atoms with Crippen LogP contribution in [-0.4, -0.2) is 189 Å². The molecule has 3 saturated heterocycles. The van der Waals surface area contributed by atoms with Crippen LogP contribution in [0.1, 0.15) is 129 Å². The lowest BCUT2D eigenvalue weighted by atomic mass is 9.99. The predicted octanol–water partition coefficient (Wildman–Crippen LogP) is -1.62. The number of carboxylic acid groups (broad SMARTS) is 1. The normalized spacial score (nSPS) is 19.0. The molecule has 0 aliphatic carbocycles. The van der Waals surface area contributed by atoms with Crippen LogP contribution in [0.25, 0.3) is 0 Å². The molecular weight excluding hydrogens is 1100 g/mol. The molecule has 10 amide bonds. The van der Waals surface area contributed by atoms with Gasteiger partial charge in [0.1, 0.15) is 42.3 Å². The first-order chi connectivity index (χ1) is 39.6. The molecule has 1 aromatic carbocycles. The van der Waals surface area contributed by atoms with E-state index in [0.29, 0.717) is 50.6 Å². The van der Waals surface area contributed by atoms with E-state index in [1.807, 2.05) is 0 Å². The number of imide groups is 1. The van der Waals surface area contributed by atoms with E-state index >= 15 is 0 Å². The van der Waals surface area contributed by atoms with Gasteiger partial charge < -0.3 is 74.8 Å². The standard InChI is InChI=1S/C55H88N14O13S/c1-4-5-6-10-18-35-29-45(72)69(51(35)78)83-32-41(66-50(77)43-22-14-25-67(43)52(79)37(20-13-24-60-55(58)59)63-46(73)36(57)19-11-12-23-56)47(74)61-30-44(71)62-38(28-34-16-8-7-9-17-34)48(75)65-40(31-70)53(80)68-26-15-21-42(68)49(76)64-39(54(81)82)27-33(2)3/h7-9,16-17,33,35-43,70H,4-6,10-15,18-32,56-57H2,1-3H3,(H,61,74)(H,62,71)(H,63,73)(H,64,76)(H,65,75)(H,66,77)(H,81,82)(H4,58,59,60)/t35?,36-,37-,38-,39-,40-,41-,42-,43-/m0/s1. The largest absolute Gasteiger partial charge is 0.480 e. The van der Waals surface area contributed by atoms with Crippen molar-refractivity contribution in [3.63, 3.8) is 0 Å². The molecule has 16 N–H and O–H groups in total. The molecule has 83 heavy (non-hydrogen) atoms. The van der Waals surface area contributed by atoms with Gasteiger partial charge >= 0.3 is 5.97 Å². The van der Waals surface area contributed by atoms with Gasteiger partial charge in [0, 0.05) is 44.1 Å². The predicted molar refractivity (Wildman–Crippen MR) is 308 cm³/mol. The highest BCUT2D eigenvalue weighted by molar-refractivity contribution is 7.98. The molecule has 0 aromatic heterocycles. The Kier molecular flexibility index (Phi) is 29.2. The minimum Gasteiger partial charge on any atom is -0.480 e. The van der Waals surface area contributed by atoms with Crippen LogP contribution < -0.4 is 54.8 Å². The molecule has 462 valence electrons. The van der Waals surface area contributed by atoms with Crippen molar-refractivity contribution in [1.82, 2.24) is 46.0 Å². The number of carbonyl (C=O) groups is 11. The van der Waals surface area contributed by atoms with Crippen LogP contribution in [0, 0.1) is 11.8 Å². The third-order valence-corrected chi connectivity index (χ3v) is 15.7. The average molecular weight is 1190 g/mol. The number of nitrogens with one attached hydrogen (secondary N) is 6. The van der Waals surface area contributed by atoms with Crippen molar-refractivity contribution in [2.45, 2.75) is 178 Å². The van der Waals surface area contributed by atoms with Crippen LogP contribution in [0.15, 0.2) is 35.3 Å². The molecule has 3 aliphatic rings. The number of carbonyl (C=O) groups excluding carboxylic acids is 10. The third kappa shape index (κ3) is 22.0.